The lowest BCUT2D eigenvalue weighted by Crippen LogP contribution is -1.86. The molecule has 3 aromatic rings. The number of nitrogens with zero attached hydrogens (tertiary/aromatic N) is 1. The van der Waals surface area contributed by atoms with E-state index in [9.17, 15) is 0 Å². The van der Waals surface area contributed by atoms with Crippen molar-refractivity contribution in [2.45, 2.75) is 26.2 Å². The molecule has 0 unspecified atom stereocenters. The number of aryl methyl sites for hydroxylation is 1. The molecular weight excluding hydrogens is 370 g/mol. The van der Waals surface area contributed by atoms with Crippen LogP contribution in [0.5, 0.6) is 0 Å². The Morgan fingerprint density at radius 2 is 1.66 bits per heavy atom. The van der Waals surface area contributed by atoms with E-state index in [0.717, 1.165) is 24.1 Å². The van der Waals surface area contributed by atoms with Crippen LogP contribution in [0.15, 0.2) is 77.3 Å². The molecule has 1 aliphatic carbocycles. The molecule has 0 N–H and O–H groups in total. The Morgan fingerprint density at radius 3 is 2.38 bits per heavy atom. The maximum absolute atomic E-state index is 4.66. The first kappa shape index (κ1) is 19.1. The van der Waals surface area contributed by atoms with Crippen molar-refractivity contribution in [1.82, 2.24) is 0 Å². The van der Waals surface area contributed by atoms with Gasteiger partial charge < -0.3 is 0 Å². The lowest BCUT2D eigenvalue weighted by molar-refractivity contribution is 0.922. The summed E-state index contributed by atoms with van der Waals surface area (Å²) < 4.78 is 0. The molecule has 0 heterocycles. The maximum atomic E-state index is 4.66. The van der Waals surface area contributed by atoms with Crippen molar-refractivity contribution in [2.75, 3.05) is 0 Å². The van der Waals surface area contributed by atoms with Gasteiger partial charge in [-0.15, -0.1) is 0 Å². The normalized spacial score (nSPS) is 11.7. The van der Waals surface area contributed by atoms with Gasteiger partial charge in [0.05, 0.1) is 10.8 Å². The summed E-state index contributed by atoms with van der Waals surface area (Å²) in [4.78, 5) is 4.01. The first-order chi connectivity index (χ1) is 14.2. The molecule has 4 rings (SSSR count). The number of hydrogen-bond acceptors (Lipinski definition) is 2. The lowest BCUT2D eigenvalue weighted by Gasteiger charge is -2.05. The molecule has 0 aliphatic heterocycles. The van der Waals surface area contributed by atoms with Gasteiger partial charge >= 0.3 is 0 Å². The van der Waals surface area contributed by atoms with Gasteiger partial charge in [0.15, 0.2) is 0 Å². The van der Waals surface area contributed by atoms with Gasteiger partial charge in [0.25, 0.3) is 0 Å². The molecule has 0 fully saturated rings. The van der Waals surface area contributed by atoms with Gasteiger partial charge in [0.1, 0.15) is 0 Å². The van der Waals surface area contributed by atoms with Crippen LogP contribution in [0.1, 0.15) is 35.6 Å². The van der Waals surface area contributed by atoms with Crippen LogP contribution in [0.2, 0.25) is 0 Å². The van der Waals surface area contributed by atoms with E-state index in [1.807, 2.05) is 12.1 Å². The Morgan fingerprint density at radius 1 is 0.897 bits per heavy atom. The molecule has 29 heavy (non-hydrogen) atoms. The molecule has 3 aromatic carbocycles. The predicted octanol–water partition coefficient (Wildman–Crippen LogP) is 7.03. The Balaban J connectivity index is 1.49. The lowest BCUT2D eigenvalue weighted by atomic mass is 10.00. The summed E-state index contributed by atoms with van der Waals surface area (Å²) in [5.74, 6) is 6.67. The number of benzene rings is 3. The third-order valence-corrected chi connectivity index (χ3v) is 5.18. The molecule has 140 valence electrons. The molecule has 0 spiro atoms. The van der Waals surface area contributed by atoms with Gasteiger partial charge in [0, 0.05) is 17.6 Å². The minimum absolute atomic E-state index is 0.826. The Kier molecular flexibility index (Phi) is 5.82. The van der Waals surface area contributed by atoms with Gasteiger partial charge in [0.2, 0.25) is 0 Å². The highest BCUT2D eigenvalue weighted by Gasteiger charge is 2.12. The summed E-state index contributed by atoms with van der Waals surface area (Å²) in [6, 6.07) is 23.3. The van der Waals surface area contributed by atoms with Crippen molar-refractivity contribution in [1.29, 1.82) is 0 Å². The Hall–Kier alpha value is -3.24. The third kappa shape index (κ3) is 4.61. The van der Waals surface area contributed by atoms with E-state index >= 15 is 0 Å². The van der Waals surface area contributed by atoms with Gasteiger partial charge in [-0.1, -0.05) is 67.6 Å². The van der Waals surface area contributed by atoms with E-state index in [-0.39, 0.29) is 0 Å². The van der Waals surface area contributed by atoms with Crippen molar-refractivity contribution < 1.29 is 0 Å². The second-order valence-electron chi connectivity index (χ2n) is 7.21. The molecule has 0 radical (unpaired) electrons. The standard InChI is InChI=1S/C27H21NS/c1-2-3-20-4-6-21(7-5-20)8-9-22-16-24-10-11-25(18-26(24)17-22)23-12-14-27(15-13-23)28-19-29/h4-7,10-16,18H,2-3,17H2,1H3. The van der Waals surface area contributed by atoms with E-state index < -0.39 is 0 Å². The van der Waals surface area contributed by atoms with E-state index in [4.69, 9.17) is 0 Å². The van der Waals surface area contributed by atoms with Crippen LogP contribution >= 0.6 is 12.2 Å². The molecule has 0 saturated heterocycles. The number of aliphatic imine (C=N–C) groups is 1. The smallest absolute Gasteiger partial charge is 0.0739 e. The van der Waals surface area contributed by atoms with E-state index in [1.54, 1.807) is 0 Å². The second-order valence-corrected chi connectivity index (χ2v) is 7.39. The number of rotatable bonds is 4. The highest BCUT2D eigenvalue weighted by molar-refractivity contribution is 7.78. The van der Waals surface area contributed by atoms with E-state index in [0.29, 0.717) is 0 Å². The second kappa shape index (κ2) is 8.84. The summed E-state index contributed by atoms with van der Waals surface area (Å²) in [5.41, 5.74) is 9.40. The minimum atomic E-state index is 0.826. The number of fused-ring (bicyclic) bond motifs is 1. The maximum Gasteiger partial charge on any atom is 0.0739 e. The van der Waals surface area contributed by atoms with Crippen molar-refractivity contribution in [3.8, 4) is 23.0 Å². The average molecular weight is 392 g/mol. The highest BCUT2D eigenvalue weighted by Crippen LogP contribution is 2.30. The van der Waals surface area contributed by atoms with Gasteiger partial charge in [-0.05, 0) is 76.8 Å². The third-order valence-electron chi connectivity index (χ3n) is 5.09. The van der Waals surface area contributed by atoms with Crippen molar-refractivity contribution in [3.63, 3.8) is 0 Å². The SMILES string of the molecule is CCCc1ccc(C#CC2=Cc3ccc(-c4ccc(N=C=S)cc4)cc3C2)cc1. The number of thiocarbonyl (C=S) groups is 1. The predicted molar refractivity (Wildman–Crippen MR) is 126 cm³/mol. The zero-order chi connectivity index (χ0) is 20.1. The summed E-state index contributed by atoms with van der Waals surface area (Å²) >= 11 is 4.66. The van der Waals surface area contributed by atoms with E-state index in [1.165, 1.54) is 39.8 Å². The molecule has 1 nitrogen and oxygen atoms in total. The molecule has 0 bridgehead atoms. The van der Waals surface area contributed by atoms with Crippen LogP contribution in [0.3, 0.4) is 0 Å². The Labute approximate surface area is 177 Å². The fraction of sp³-hybridized carbons (Fsp3) is 0.148. The van der Waals surface area contributed by atoms with Crippen LogP contribution in [-0.4, -0.2) is 5.16 Å². The number of allylic oxidation sites excluding steroid dienone is 1. The molecule has 0 saturated carbocycles. The topological polar surface area (TPSA) is 12.4 Å². The van der Waals surface area contributed by atoms with Crippen LogP contribution < -0.4 is 0 Å². The van der Waals surface area contributed by atoms with Gasteiger partial charge in [-0.3, -0.25) is 0 Å². The average Bonchev–Trinajstić information content (AvgIpc) is 3.16. The first-order valence-corrected chi connectivity index (χ1v) is 10.3. The highest BCUT2D eigenvalue weighted by atomic mass is 32.1. The molecule has 0 atom stereocenters. The van der Waals surface area contributed by atoms with E-state index in [2.05, 4.69) is 102 Å². The molecule has 0 amide bonds. The van der Waals surface area contributed by atoms with Gasteiger partial charge in [-0.2, -0.15) is 4.99 Å². The Bertz CT molecular complexity index is 1170. The first-order valence-electron chi connectivity index (χ1n) is 9.88. The summed E-state index contributed by atoms with van der Waals surface area (Å²) in [6.45, 7) is 2.20. The summed E-state index contributed by atoms with van der Waals surface area (Å²) in [7, 11) is 0. The van der Waals surface area contributed by atoms with Crippen LogP contribution in [0.4, 0.5) is 5.69 Å². The number of hydrogen-bond donors (Lipinski definition) is 0. The van der Waals surface area contributed by atoms with Crippen LogP contribution in [0.25, 0.3) is 17.2 Å². The summed E-state index contributed by atoms with van der Waals surface area (Å²) in [5, 5.41) is 2.40. The zero-order valence-corrected chi connectivity index (χ0v) is 17.2. The molecule has 1 aliphatic rings. The molecule has 2 heteroatoms. The molecular formula is C27H21NS. The quantitative estimate of drug-likeness (QED) is 0.264. The van der Waals surface area contributed by atoms with Gasteiger partial charge in [-0.25, -0.2) is 0 Å². The summed E-state index contributed by atoms with van der Waals surface area (Å²) in [6.07, 6.45) is 5.38. The van der Waals surface area contributed by atoms with Crippen molar-refractivity contribution in [3.05, 3.63) is 94.6 Å². The zero-order valence-electron chi connectivity index (χ0n) is 16.4. The van der Waals surface area contributed by atoms with Crippen molar-refractivity contribution in [2.24, 2.45) is 4.99 Å². The monoisotopic (exact) mass is 391 g/mol. The fourth-order valence-electron chi connectivity index (χ4n) is 3.58. The minimum Gasteiger partial charge on any atom is -0.195 e. The van der Waals surface area contributed by atoms with Crippen molar-refractivity contribution >= 4 is 29.1 Å². The number of isothiocyanates is 1. The largest absolute Gasteiger partial charge is 0.195 e. The van der Waals surface area contributed by atoms with Crippen LogP contribution in [0, 0.1) is 11.8 Å². The van der Waals surface area contributed by atoms with Crippen LogP contribution in [-0.2, 0) is 12.8 Å². The molecule has 0 aromatic heterocycles. The fourth-order valence-corrected chi connectivity index (χ4v) is 3.69.